The Morgan fingerprint density at radius 2 is 1.95 bits per heavy atom. The van der Waals surface area contributed by atoms with E-state index < -0.39 is 0 Å². The fourth-order valence-corrected chi connectivity index (χ4v) is 1.82. The Bertz CT molecular complexity index is 683. The van der Waals surface area contributed by atoms with E-state index in [-0.39, 0.29) is 0 Å². The Kier molecular flexibility index (Phi) is 2.89. The van der Waals surface area contributed by atoms with Crippen molar-refractivity contribution in [2.45, 2.75) is 13.5 Å². The van der Waals surface area contributed by atoms with Crippen LogP contribution in [0.5, 0.6) is 0 Å². The van der Waals surface area contributed by atoms with Gasteiger partial charge in [0, 0.05) is 12.1 Å². The van der Waals surface area contributed by atoms with Crippen LogP contribution in [-0.4, -0.2) is 10.1 Å². The Hall–Kier alpha value is -2.40. The summed E-state index contributed by atoms with van der Waals surface area (Å²) in [7, 11) is 0. The molecule has 2 heterocycles. The van der Waals surface area contributed by atoms with Crippen molar-refractivity contribution in [3.63, 3.8) is 0 Å². The van der Waals surface area contributed by atoms with Crippen LogP contribution in [0.4, 0.5) is 0 Å². The van der Waals surface area contributed by atoms with E-state index in [1.54, 1.807) is 6.26 Å². The molecule has 0 amide bonds. The quantitative estimate of drug-likeness (QED) is 0.778. The molecule has 19 heavy (non-hydrogen) atoms. The molecule has 0 atom stereocenters. The number of aromatic nitrogens is 2. The number of hydrogen-bond donors (Lipinski definition) is 1. The Morgan fingerprint density at radius 3 is 2.58 bits per heavy atom. The first-order chi connectivity index (χ1) is 9.28. The van der Waals surface area contributed by atoms with Crippen molar-refractivity contribution >= 4 is 0 Å². The van der Waals surface area contributed by atoms with Gasteiger partial charge >= 0.3 is 0 Å². The molecule has 0 fully saturated rings. The molecule has 2 N–H and O–H groups in total. The summed E-state index contributed by atoms with van der Waals surface area (Å²) in [5.74, 6) is 1.56. The molecule has 96 valence electrons. The summed E-state index contributed by atoms with van der Waals surface area (Å²) in [4.78, 5) is 4.34. The van der Waals surface area contributed by atoms with Gasteiger partial charge in [-0.25, -0.2) is 0 Å². The summed E-state index contributed by atoms with van der Waals surface area (Å²) in [5, 5.41) is 3.93. The van der Waals surface area contributed by atoms with Gasteiger partial charge in [-0.15, -0.1) is 0 Å². The van der Waals surface area contributed by atoms with Gasteiger partial charge < -0.3 is 14.7 Å². The zero-order chi connectivity index (χ0) is 13.2. The fraction of sp³-hybridized carbons (Fsp3) is 0.143. The highest BCUT2D eigenvalue weighted by Crippen LogP contribution is 2.25. The molecule has 5 nitrogen and oxygen atoms in total. The van der Waals surface area contributed by atoms with Crippen LogP contribution in [-0.2, 0) is 6.54 Å². The van der Waals surface area contributed by atoms with Crippen LogP contribution in [0.3, 0.4) is 0 Å². The first kappa shape index (κ1) is 11.7. The zero-order valence-electron chi connectivity index (χ0n) is 10.5. The highest BCUT2D eigenvalue weighted by atomic mass is 16.5. The molecule has 0 unspecified atom stereocenters. The van der Waals surface area contributed by atoms with E-state index in [0.29, 0.717) is 24.0 Å². The minimum atomic E-state index is 0.459. The van der Waals surface area contributed by atoms with Gasteiger partial charge in [0.05, 0.1) is 6.26 Å². The van der Waals surface area contributed by atoms with Gasteiger partial charge in [0.1, 0.15) is 0 Å². The maximum absolute atomic E-state index is 5.56. The molecule has 3 rings (SSSR count). The number of benzene rings is 1. The Morgan fingerprint density at radius 1 is 1.16 bits per heavy atom. The van der Waals surface area contributed by atoms with Crippen molar-refractivity contribution in [1.82, 2.24) is 10.1 Å². The molecule has 0 radical (unpaired) electrons. The summed E-state index contributed by atoms with van der Waals surface area (Å²) in [6.07, 6.45) is 1.61. The number of nitrogens with two attached hydrogens (primary N) is 1. The zero-order valence-corrected chi connectivity index (χ0v) is 10.5. The van der Waals surface area contributed by atoms with Gasteiger partial charge in [-0.05, 0) is 36.2 Å². The maximum Gasteiger partial charge on any atom is 0.258 e. The van der Waals surface area contributed by atoms with Crippen molar-refractivity contribution in [3.8, 4) is 23.0 Å². The lowest BCUT2D eigenvalue weighted by Gasteiger charge is -1.97. The van der Waals surface area contributed by atoms with E-state index in [9.17, 15) is 0 Å². The largest absolute Gasteiger partial charge is 0.461 e. The summed E-state index contributed by atoms with van der Waals surface area (Å²) in [5.41, 5.74) is 8.46. The lowest BCUT2D eigenvalue weighted by atomic mass is 10.1. The topological polar surface area (TPSA) is 78.1 Å². The molecule has 0 bridgehead atoms. The number of nitrogens with zero attached hydrogens (tertiary/aromatic N) is 2. The van der Waals surface area contributed by atoms with Crippen LogP contribution in [0.2, 0.25) is 0 Å². The highest BCUT2D eigenvalue weighted by Gasteiger charge is 2.14. The van der Waals surface area contributed by atoms with E-state index >= 15 is 0 Å². The van der Waals surface area contributed by atoms with Crippen molar-refractivity contribution < 1.29 is 8.94 Å². The Balaban J connectivity index is 1.94. The predicted octanol–water partition coefficient (Wildman–Crippen LogP) is 2.76. The van der Waals surface area contributed by atoms with Crippen molar-refractivity contribution in [2.24, 2.45) is 5.73 Å². The van der Waals surface area contributed by atoms with Crippen LogP contribution in [0, 0.1) is 6.92 Å². The third-order valence-electron chi connectivity index (χ3n) is 2.93. The lowest BCUT2D eigenvalue weighted by molar-refractivity contribution is 0.429. The molecule has 0 aliphatic carbocycles. The van der Waals surface area contributed by atoms with Gasteiger partial charge in [0.2, 0.25) is 5.82 Å². The average molecular weight is 255 g/mol. The molecule has 0 saturated heterocycles. The molecule has 5 heteroatoms. The number of hydrogen-bond acceptors (Lipinski definition) is 5. The maximum atomic E-state index is 5.56. The van der Waals surface area contributed by atoms with Crippen LogP contribution in [0.15, 0.2) is 45.5 Å². The molecule has 0 saturated carbocycles. The summed E-state index contributed by atoms with van der Waals surface area (Å²) < 4.78 is 10.6. The van der Waals surface area contributed by atoms with E-state index in [1.165, 1.54) is 0 Å². The van der Waals surface area contributed by atoms with Crippen LogP contribution in [0.1, 0.15) is 11.1 Å². The number of rotatable bonds is 3. The summed E-state index contributed by atoms with van der Waals surface area (Å²) >= 11 is 0. The van der Waals surface area contributed by atoms with Crippen LogP contribution < -0.4 is 5.73 Å². The molecule has 2 aromatic heterocycles. The minimum absolute atomic E-state index is 0.459. The van der Waals surface area contributed by atoms with Crippen molar-refractivity contribution in [2.75, 3.05) is 0 Å². The third kappa shape index (κ3) is 2.15. The molecule has 0 aliphatic rings. The second kappa shape index (κ2) is 4.70. The van der Waals surface area contributed by atoms with Gasteiger partial charge in [0.15, 0.2) is 5.76 Å². The molecule has 0 aliphatic heterocycles. The third-order valence-corrected chi connectivity index (χ3v) is 2.93. The highest BCUT2D eigenvalue weighted by molar-refractivity contribution is 5.58. The first-order valence-corrected chi connectivity index (χ1v) is 5.95. The van der Waals surface area contributed by atoms with Crippen molar-refractivity contribution in [1.29, 1.82) is 0 Å². The molecule has 3 aromatic rings. The van der Waals surface area contributed by atoms with Gasteiger partial charge in [0.25, 0.3) is 5.89 Å². The molecule has 1 aromatic carbocycles. The van der Waals surface area contributed by atoms with Gasteiger partial charge in [-0.2, -0.15) is 4.98 Å². The number of furan rings is 1. The summed E-state index contributed by atoms with van der Waals surface area (Å²) in [6.45, 7) is 2.45. The normalized spacial score (nSPS) is 10.8. The lowest BCUT2D eigenvalue weighted by Crippen LogP contribution is -1.95. The SMILES string of the molecule is Cc1ccoc1-c1noc(-c2ccc(CN)cc2)n1. The second-order valence-corrected chi connectivity index (χ2v) is 4.26. The predicted molar refractivity (Wildman–Crippen MR) is 70.1 cm³/mol. The Labute approximate surface area is 110 Å². The first-order valence-electron chi connectivity index (χ1n) is 5.95. The van der Waals surface area contributed by atoms with E-state index in [2.05, 4.69) is 10.1 Å². The van der Waals surface area contributed by atoms with E-state index in [0.717, 1.165) is 16.7 Å². The summed E-state index contributed by atoms with van der Waals surface area (Å²) in [6, 6.07) is 9.57. The fourth-order valence-electron chi connectivity index (χ4n) is 1.82. The standard InChI is InChI=1S/C14H13N3O2/c1-9-6-7-18-12(9)13-16-14(19-17-13)11-4-2-10(8-15)3-5-11/h2-7H,8,15H2,1H3. The van der Waals surface area contributed by atoms with E-state index in [4.69, 9.17) is 14.7 Å². The molecule has 0 spiro atoms. The minimum Gasteiger partial charge on any atom is -0.461 e. The van der Waals surface area contributed by atoms with Crippen LogP contribution in [0.25, 0.3) is 23.0 Å². The van der Waals surface area contributed by atoms with Gasteiger partial charge in [-0.1, -0.05) is 17.3 Å². The monoisotopic (exact) mass is 255 g/mol. The smallest absolute Gasteiger partial charge is 0.258 e. The average Bonchev–Trinajstić information content (AvgIpc) is 3.07. The van der Waals surface area contributed by atoms with Crippen molar-refractivity contribution in [3.05, 3.63) is 47.7 Å². The molecular weight excluding hydrogens is 242 g/mol. The second-order valence-electron chi connectivity index (χ2n) is 4.26. The molecular formula is C14H13N3O2. The van der Waals surface area contributed by atoms with Crippen LogP contribution >= 0.6 is 0 Å². The number of aryl methyl sites for hydroxylation is 1. The van der Waals surface area contributed by atoms with E-state index in [1.807, 2.05) is 37.3 Å². The van der Waals surface area contributed by atoms with Gasteiger partial charge in [-0.3, -0.25) is 0 Å².